The second-order valence-corrected chi connectivity index (χ2v) is 6.44. The predicted molar refractivity (Wildman–Crippen MR) is 99.1 cm³/mol. The molecule has 3 aromatic rings. The van der Waals surface area contributed by atoms with Crippen LogP contribution in [0.15, 0.2) is 54.7 Å². The molecule has 24 heavy (non-hydrogen) atoms. The Morgan fingerprint density at radius 2 is 1.96 bits per heavy atom. The van der Waals surface area contributed by atoms with E-state index in [9.17, 15) is 4.79 Å². The number of nitrogens with two attached hydrogens (primary N) is 1. The number of amides is 1. The van der Waals surface area contributed by atoms with Gasteiger partial charge in [-0.2, -0.15) is 0 Å². The van der Waals surface area contributed by atoms with E-state index in [1.165, 1.54) is 5.56 Å². The number of rotatable bonds is 5. The normalized spacial score (nSPS) is 12.5. The summed E-state index contributed by atoms with van der Waals surface area (Å²) in [4.78, 5) is 15.6. The first kappa shape index (κ1) is 16.3. The fourth-order valence-electron chi connectivity index (χ4n) is 2.84. The molecule has 1 amide bonds. The first-order valence-electron chi connectivity index (χ1n) is 8.26. The van der Waals surface area contributed by atoms with Gasteiger partial charge in [0.25, 0.3) is 0 Å². The highest BCUT2D eigenvalue weighted by Gasteiger charge is 2.16. The molecule has 0 saturated heterocycles. The molecule has 0 fully saturated rings. The number of para-hydroxylation sites is 1. The van der Waals surface area contributed by atoms with E-state index in [1.807, 2.05) is 48.7 Å². The molecule has 1 heterocycles. The molecule has 0 bridgehead atoms. The summed E-state index contributed by atoms with van der Waals surface area (Å²) in [6.45, 7) is 4.26. The maximum absolute atomic E-state index is 12.4. The van der Waals surface area contributed by atoms with Gasteiger partial charge in [-0.15, -0.1) is 0 Å². The monoisotopic (exact) mass is 321 g/mol. The van der Waals surface area contributed by atoms with Crippen LogP contribution in [-0.4, -0.2) is 16.9 Å². The summed E-state index contributed by atoms with van der Waals surface area (Å²) in [6.07, 6.45) is 2.43. The predicted octanol–water partition coefficient (Wildman–Crippen LogP) is 3.80. The van der Waals surface area contributed by atoms with E-state index in [0.29, 0.717) is 12.3 Å². The van der Waals surface area contributed by atoms with Crippen molar-refractivity contribution in [1.82, 2.24) is 4.98 Å². The zero-order chi connectivity index (χ0) is 17.1. The van der Waals surface area contributed by atoms with Gasteiger partial charge in [0.15, 0.2) is 0 Å². The molecular weight excluding hydrogens is 298 g/mol. The topological polar surface area (TPSA) is 70.9 Å². The zero-order valence-corrected chi connectivity index (χ0v) is 14.0. The molecule has 0 aliphatic carbocycles. The third-order valence-corrected chi connectivity index (χ3v) is 4.27. The number of hydrogen-bond donors (Lipinski definition) is 3. The van der Waals surface area contributed by atoms with Crippen LogP contribution in [0.5, 0.6) is 0 Å². The van der Waals surface area contributed by atoms with Crippen molar-refractivity contribution >= 4 is 22.5 Å². The lowest BCUT2D eigenvalue weighted by Crippen LogP contribution is -2.37. The second-order valence-electron chi connectivity index (χ2n) is 6.44. The van der Waals surface area contributed by atoms with E-state index in [0.717, 1.165) is 22.2 Å². The Morgan fingerprint density at radius 1 is 1.17 bits per heavy atom. The van der Waals surface area contributed by atoms with Crippen LogP contribution in [0.1, 0.15) is 30.9 Å². The molecule has 3 rings (SSSR count). The number of aromatic amines is 1. The third-order valence-electron chi connectivity index (χ3n) is 4.27. The molecule has 0 saturated carbocycles. The van der Waals surface area contributed by atoms with Gasteiger partial charge in [0.1, 0.15) is 0 Å². The minimum Gasteiger partial charge on any atom is -0.361 e. The molecule has 0 spiro atoms. The van der Waals surface area contributed by atoms with E-state index in [2.05, 4.69) is 30.2 Å². The van der Waals surface area contributed by atoms with Crippen LogP contribution in [0.2, 0.25) is 0 Å². The molecule has 4 heteroatoms. The molecule has 0 aliphatic rings. The van der Waals surface area contributed by atoms with E-state index in [4.69, 9.17) is 5.73 Å². The summed E-state index contributed by atoms with van der Waals surface area (Å²) in [5, 5.41) is 4.04. The molecule has 4 N–H and O–H groups in total. The molecular formula is C20H23N3O. The van der Waals surface area contributed by atoms with E-state index < -0.39 is 6.04 Å². The van der Waals surface area contributed by atoms with Gasteiger partial charge in [-0.1, -0.05) is 44.2 Å². The van der Waals surface area contributed by atoms with Crippen LogP contribution in [0, 0.1) is 0 Å². The SMILES string of the molecule is CC(C)c1cccc(NC(=O)[C@@H](N)Cc2c[nH]c3ccccc23)c1. The van der Waals surface area contributed by atoms with Gasteiger partial charge in [0.05, 0.1) is 6.04 Å². The number of nitrogens with one attached hydrogen (secondary N) is 2. The van der Waals surface area contributed by atoms with Crippen molar-refractivity contribution in [2.24, 2.45) is 5.73 Å². The van der Waals surface area contributed by atoms with E-state index >= 15 is 0 Å². The van der Waals surface area contributed by atoms with Crippen molar-refractivity contribution in [2.45, 2.75) is 32.2 Å². The maximum atomic E-state index is 12.4. The van der Waals surface area contributed by atoms with Gasteiger partial charge in [-0.3, -0.25) is 4.79 Å². The van der Waals surface area contributed by atoms with Crippen molar-refractivity contribution in [3.8, 4) is 0 Å². The number of aromatic nitrogens is 1. The second kappa shape index (κ2) is 6.89. The number of anilines is 1. The summed E-state index contributed by atoms with van der Waals surface area (Å²) in [7, 11) is 0. The van der Waals surface area contributed by atoms with Crippen LogP contribution >= 0.6 is 0 Å². The summed E-state index contributed by atoms with van der Waals surface area (Å²) >= 11 is 0. The molecule has 0 radical (unpaired) electrons. The molecule has 0 unspecified atom stereocenters. The van der Waals surface area contributed by atoms with Gasteiger partial charge >= 0.3 is 0 Å². The van der Waals surface area contributed by atoms with Crippen LogP contribution in [0.4, 0.5) is 5.69 Å². The largest absolute Gasteiger partial charge is 0.361 e. The average molecular weight is 321 g/mol. The first-order valence-corrected chi connectivity index (χ1v) is 8.26. The smallest absolute Gasteiger partial charge is 0.241 e. The number of carbonyl (C=O) groups excluding carboxylic acids is 1. The fraction of sp³-hybridized carbons (Fsp3) is 0.250. The average Bonchev–Trinajstić information content (AvgIpc) is 2.98. The third kappa shape index (κ3) is 3.49. The summed E-state index contributed by atoms with van der Waals surface area (Å²) in [5.41, 5.74) is 10.2. The Bertz CT molecular complexity index is 851. The van der Waals surface area contributed by atoms with Gasteiger partial charge in [-0.05, 0) is 41.7 Å². The number of carbonyl (C=O) groups is 1. The molecule has 2 aromatic carbocycles. The highest BCUT2D eigenvalue weighted by atomic mass is 16.2. The summed E-state index contributed by atoms with van der Waals surface area (Å²) < 4.78 is 0. The van der Waals surface area contributed by atoms with Crippen molar-refractivity contribution in [3.63, 3.8) is 0 Å². The lowest BCUT2D eigenvalue weighted by Gasteiger charge is -2.13. The lowest BCUT2D eigenvalue weighted by molar-refractivity contribution is -0.117. The van der Waals surface area contributed by atoms with Crippen molar-refractivity contribution < 1.29 is 4.79 Å². The van der Waals surface area contributed by atoms with Crippen LogP contribution < -0.4 is 11.1 Å². The molecule has 1 aromatic heterocycles. The Morgan fingerprint density at radius 3 is 2.75 bits per heavy atom. The standard InChI is InChI=1S/C20H23N3O/c1-13(2)14-6-5-7-16(10-14)23-20(24)18(21)11-15-12-22-19-9-4-3-8-17(15)19/h3-10,12-13,18,22H,11,21H2,1-2H3,(H,23,24)/t18-/m0/s1. The molecule has 4 nitrogen and oxygen atoms in total. The number of hydrogen-bond acceptors (Lipinski definition) is 2. The lowest BCUT2D eigenvalue weighted by atomic mass is 10.0. The van der Waals surface area contributed by atoms with Crippen molar-refractivity contribution in [2.75, 3.05) is 5.32 Å². The quantitative estimate of drug-likeness (QED) is 0.669. The molecule has 1 atom stereocenters. The highest BCUT2D eigenvalue weighted by molar-refractivity contribution is 5.95. The number of benzene rings is 2. The Kier molecular flexibility index (Phi) is 4.67. The van der Waals surface area contributed by atoms with Gasteiger partial charge in [-0.25, -0.2) is 0 Å². The van der Waals surface area contributed by atoms with Crippen LogP contribution in [-0.2, 0) is 11.2 Å². The Balaban J connectivity index is 1.70. The fourth-order valence-corrected chi connectivity index (χ4v) is 2.84. The van der Waals surface area contributed by atoms with E-state index in [-0.39, 0.29) is 5.91 Å². The first-order chi connectivity index (χ1) is 11.5. The summed E-state index contributed by atoms with van der Waals surface area (Å²) in [5.74, 6) is 0.253. The zero-order valence-electron chi connectivity index (χ0n) is 14.0. The van der Waals surface area contributed by atoms with Gasteiger partial charge in [0, 0.05) is 22.8 Å². The number of H-pyrrole nitrogens is 1. The maximum Gasteiger partial charge on any atom is 0.241 e. The number of fused-ring (bicyclic) bond motifs is 1. The minimum atomic E-state index is -0.591. The Labute approximate surface area is 142 Å². The van der Waals surface area contributed by atoms with Crippen molar-refractivity contribution in [1.29, 1.82) is 0 Å². The molecule has 0 aliphatic heterocycles. The minimum absolute atomic E-state index is 0.166. The Hall–Kier alpha value is -2.59. The van der Waals surface area contributed by atoms with Crippen LogP contribution in [0.25, 0.3) is 10.9 Å². The van der Waals surface area contributed by atoms with Crippen molar-refractivity contribution in [3.05, 3.63) is 65.9 Å². The summed E-state index contributed by atoms with van der Waals surface area (Å²) in [6, 6.07) is 15.3. The van der Waals surface area contributed by atoms with Gasteiger partial charge < -0.3 is 16.0 Å². The highest BCUT2D eigenvalue weighted by Crippen LogP contribution is 2.20. The van der Waals surface area contributed by atoms with Gasteiger partial charge in [0.2, 0.25) is 5.91 Å². The molecule has 124 valence electrons. The van der Waals surface area contributed by atoms with Crippen LogP contribution in [0.3, 0.4) is 0 Å². The van der Waals surface area contributed by atoms with E-state index in [1.54, 1.807) is 0 Å².